The molecule has 1 aromatic rings. The van der Waals surface area contributed by atoms with Crippen LogP contribution in [0.5, 0.6) is 5.75 Å². The number of phenols is 1. The molecule has 5 nitrogen and oxygen atoms in total. The van der Waals surface area contributed by atoms with Gasteiger partial charge in [-0.15, -0.1) is 0 Å². The Hall–Kier alpha value is -2.04. The monoisotopic (exact) mass is 328 g/mol. The lowest BCUT2D eigenvalue weighted by Gasteiger charge is -2.45. The summed E-state index contributed by atoms with van der Waals surface area (Å²) in [4.78, 5) is 30.2. The van der Waals surface area contributed by atoms with E-state index in [9.17, 15) is 14.7 Å². The second kappa shape index (κ2) is 5.50. The summed E-state index contributed by atoms with van der Waals surface area (Å²) >= 11 is 0. The van der Waals surface area contributed by atoms with Gasteiger partial charge in [0.25, 0.3) is 5.91 Å². The third-order valence-electron chi connectivity index (χ3n) is 5.82. The smallest absolute Gasteiger partial charge is 0.255 e. The predicted octanol–water partition coefficient (Wildman–Crippen LogP) is 2.46. The summed E-state index contributed by atoms with van der Waals surface area (Å²) in [6.07, 6.45) is 5.55. The Kier molecular flexibility index (Phi) is 3.55. The fraction of sp³-hybridized carbons (Fsp3) is 0.579. The first-order valence-electron chi connectivity index (χ1n) is 8.95. The summed E-state index contributed by atoms with van der Waals surface area (Å²) in [5.74, 6) is 0.124. The number of carbonyl (C=O) groups excluding carboxylic acids is 2. The Morgan fingerprint density at radius 1 is 1.21 bits per heavy atom. The second-order valence-corrected chi connectivity index (χ2v) is 7.42. The van der Waals surface area contributed by atoms with E-state index in [-0.39, 0.29) is 17.6 Å². The van der Waals surface area contributed by atoms with Crippen LogP contribution in [0.1, 0.15) is 54.4 Å². The fourth-order valence-electron chi connectivity index (χ4n) is 4.39. The highest BCUT2D eigenvalue weighted by atomic mass is 16.3. The van der Waals surface area contributed by atoms with Crippen LogP contribution in [0.25, 0.3) is 0 Å². The van der Waals surface area contributed by atoms with E-state index < -0.39 is 5.54 Å². The maximum atomic E-state index is 13.2. The minimum Gasteiger partial charge on any atom is -0.508 e. The van der Waals surface area contributed by atoms with Crippen molar-refractivity contribution in [2.75, 3.05) is 13.1 Å². The van der Waals surface area contributed by atoms with E-state index in [1.165, 1.54) is 6.07 Å². The molecule has 2 heterocycles. The Labute approximate surface area is 142 Å². The lowest BCUT2D eigenvalue weighted by molar-refractivity contribution is -0.146. The number of nitrogens with zero attached hydrogens (tertiary/aromatic N) is 2. The Bertz CT molecular complexity index is 698. The lowest BCUT2D eigenvalue weighted by atomic mass is 9.84. The number of likely N-dealkylation sites (tertiary alicyclic amines) is 2. The van der Waals surface area contributed by atoms with Crippen LogP contribution in [0, 0.1) is 6.92 Å². The second-order valence-electron chi connectivity index (χ2n) is 7.42. The van der Waals surface area contributed by atoms with Crippen molar-refractivity contribution in [3.8, 4) is 5.75 Å². The zero-order valence-electron chi connectivity index (χ0n) is 14.1. The fourth-order valence-corrected chi connectivity index (χ4v) is 4.39. The van der Waals surface area contributed by atoms with Crippen molar-refractivity contribution in [3.05, 3.63) is 29.3 Å². The number of aryl methyl sites for hydroxylation is 1. The molecule has 3 fully saturated rings. The van der Waals surface area contributed by atoms with Gasteiger partial charge in [0.15, 0.2) is 0 Å². The Morgan fingerprint density at radius 2 is 1.92 bits per heavy atom. The predicted molar refractivity (Wildman–Crippen MR) is 89.8 cm³/mol. The molecule has 128 valence electrons. The van der Waals surface area contributed by atoms with E-state index in [0.717, 1.165) is 50.6 Å². The van der Waals surface area contributed by atoms with Crippen LogP contribution in [0.4, 0.5) is 0 Å². The van der Waals surface area contributed by atoms with Crippen LogP contribution in [0.3, 0.4) is 0 Å². The van der Waals surface area contributed by atoms with Crippen molar-refractivity contribution in [1.29, 1.82) is 0 Å². The van der Waals surface area contributed by atoms with E-state index in [4.69, 9.17) is 0 Å². The maximum Gasteiger partial charge on any atom is 0.255 e. The van der Waals surface area contributed by atoms with Gasteiger partial charge in [0.1, 0.15) is 11.3 Å². The summed E-state index contributed by atoms with van der Waals surface area (Å²) in [6, 6.07) is 5.27. The van der Waals surface area contributed by atoms with Gasteiger partial charge in [-0.3, -0.25) is 9.59 Å². The normalized spacial score (nSPS) is 27.1. The molecule has 1 aromatic carbocycles. The van der Waals surface area contributed by atoms with E-state index >= 15 is 0 Å². The summed E-state index contributed by atoms with van der Waals surface area (Å²) in [6.45, 7) is 3.32. The molecule has 5 heteroatoms. The van der Waals surface area contributed by atoms with Gasteiger partial charge in [-0.25, -0.2) is 0 Å². The molecule has 0 aromatic heterocycles. The molecule has 3 aliphatic rings. The van der Waals surface area contributed by atoms with Crippen molar-refractivity contribution in [1.82, 2.24) is 9.80 Å². The molecule has 2 aliphatic heterocycles. The van der Waals surface area contributed by atoms with Gasteiger partial charge in [0.05, 0.1) is 0 Å². The van der Waals surface area contributed by atoms with Crippen LogP contribution in [0.2, 0.25) is 0 Å². The van der Waals surface area contributed by atoms with Gasteiger partial charge in [-0.2, -0.15) is 0 Å². The number of amides is 2. The molecule has 4 rings (SSSR count). The molecule has 2 saturated heterocycles. The number of phenolic OH excluding ortho intramolecular Hbond substituents is 1. The highest BCUT2D eigenvalue weighted by Crippen LogP contribution is 2.42. The van der Waals surface area contributed by atoms with Crippen molar-refractivity contribution >= 4 is 11.8 Å². The number of piperidine rings is 1. The molecular weight excluding hydrogens is 304 g/mol. The van der Waals surface area contributed by atoms with Crippen molar-refractivity contribution < 1.29 is 14.7 Å². The average molecular weight is 328 g/mol. The van der Waals surface area contributed by atoms with Gasteiger partial charge in [0.2, 0.25) is 5.91 Å². The topological polar surface area (TPSA) is 60.9 Å². The number of benzene rings is 1. The van der Waals surface area contributed by atoms with E-state index in [1.807, 2.05) is 11.8 Å². The van der Waals surface area contributed by atoms with Gasteiger partial charge in [0, 0.05) is 24.7 Å². The number of carbonyl (C=O) groups is 2. The van der Waals surface area contributed by atoms with Crippen LogP contribution in [0.15, 0.2) is 18.2 Å². The first kappa shape index (κ1) is 15.5. The molecule has 24 heavy (non-hydrogen) atoms. The van der Waals surface area contributed by atoms with E-state index in [0.29, 0.717) is 18.2 Å². The molecule has 2 amide bonds. The molecule has 1 N–H and O–H groups in total. The molecular formula is C19H24N2O3. The van der Waals surface area contributed by atoms with Crippen molar-refractivity contribution in [2.45, 2.75) is 57.0 Å². The molecule has 0 radical (unpaired) electrons. The lowest BCUT2D eigenvalue weighted by Crippen LogP contribution is -2.61. The zero-order chi connectivity index (χ0) is 16.9. The number of aromatic hydroxyl groups is 1. The number of hydrogen-bond donors (Lipinski definition) is 1. The van der Waals surface area contributed by atoms with Gasteiger partial charge in [-0.1, -0.05) is 6.07 Å². The third-order valence-corrected chi connectivity index (χ3v) is 5.82. The number of rotatable bonds is 2. The molecule has 1 saturated carbocycles. The Morgan fingerprint density at radius 3 is 2.62 bits per heavy atom. The quantitative estimate of drug-likeness (QED) is 0.907. The van der Waals surface area contributed by atoms with Crippen LogP contribution >= 0.6 is 0 Å². The highest BCUT2D eigenvalue weighted by molar-refractivity contribution is 6.01. The largest absolute Gasteiger partial charge is 0.508 e. The standard InChI is InChI=1S/C19H24N2O3/c1-13-4-7-15(22)12-16(13)17(23)21-11-3-9-19(21)8-2-10-20(18(19)24)14-5-6-14/h4,7,12,14,22H,2-3,5-6,8-11H2,1H3. The summed E-state index contributed by atoms with van der Waals surface area (Å²) in [7, 11) is 0. The van der Waals surface area contributed by atoms with Crippen LogP contribution < -0.4 is 0 Å². The SMILES string of the molecule is Cc1ccc(O)cc1C(=O)N1CCCC12CCCN(C1CC1)C2=O. The van der Waals surface area contributed by atoms with Crippen molar-refractivity contribution in [3.63, 3.8) is 0 Å². The minimum atomic E-state index is -0.657. The minimum absolute atomic E-state index is 0.0896. The Balaban J connectivity index is 1.68. The highest BCUT2D eigenvalue weighted by Gasteiger charge is 2.54. The van der Waals surface area contributed by atoms with Crippen LogP contribution in [-0.4, -0.2) is 51.4 Å². The first-order chi connectivity index (χ1) is 11.5. The number of hydrogen-bond acceptors (Lipinski definition) is 3. The zero-order valence-corrected chi connectivity index (χ0v) is 14.1. The molecule has 1 spiro atoms. The molecule has 1 atom stereocenters. The van der Waals surface area contributed by atoms with Crippen molar-refractivity contribution in [2.24, 2.45) is 0 Å². The van der Waals surface area contributed by atoms with Crippen LogP contribution in [-0.2, 0) is 4.79 Å². The summed E-state index contributed by atoms with van der Waals surface area (Å²) < 4.78 is 0. The molecule has 0 bridgehead atoms. The third kappa shape index (κ3) is 2.29. The van der Waals surface area contributed by atoms with Gasteiger partial charge < -0.3 is 14.9 Å². The van der Waals surface area contributed by atoms with E-state index in [2.05, 4.69) is 0 Å². The first-order valence-corrected chi connectivity index (χ1v) is 8.95. The van der Waals surface area contributed by atoms with Gasteiger partial charge >= 0.3 is 0 Å². The van der Waals surface area contributed by atoms with E-state index in [1.54, 1.807) is 17.0 Å². The maximum absolute atomic E-state index is 13.2. The molecule has 1 unspecified atom stereocenters. The summed E-state index contributed by atoms with van der Waals surface area (Å²) in [5.41, 5.74) is 0.685. The van der Waals surface area contributed by atoms with Gasteiger partial charge in [-0.05, 0) is 63.1 Å². The average Bonchev–Trinajstić information content (AvgIpc) is 3.32. The molecule has 1 aliphatic carbocycles. The summed E-state index contributed by atoms with van der Waals surface area (Å²) in [5, 5.41) is 9.76.